The lowest BCUT2D eigenvalue weighted by Crippen LogP contribution is -1.66. The SMILES string of the molecule is Cc1cccc(Cl)c1.Cl.Cl.P. The smallest absolute Gasteiger partial charge is 0.0408 e. The zero-order valence-corrected chi connectivity index (χ0v) is 10.0. The fourth-order valence-electron chi connectivity index (χ4n) is 0.606. The van der Waals surface area contributed by atoms with E-state index in [-0.39, 0.29) is 34.7 Å². The van der Waals surface area contributed by atoms with Crippen molar-refractivity contribution < 1.29 is 0 Å². The van der Waals surface area contributed by atoms with Gasteiger partial charge in [-0.05, 0) is 24.6 Å². The molecule has 0 nitrogen and oxygen atoms in total. The Labute approximate surface area is 88.2 Å². The average molecular weight is 234 g/mol. The Morgan fingerprint density at radius 1 is 1.18 bits per heavy atom. The molecule has 1 atom stereocenters. The van der Waals surface area contributed by atoms with E-state index in [1.807, 2.05) is 31.2 Å². The van der Waals surface area contributed by atoms with Crippen molar-refractivity contribution in [3.63, 3.8) is 0 Å². The number of hydrogen-bond acceptors (Lipinski definition) is 0. The first-order valence-electron chi connectivity index (χ1n) is 2.51. The van der Waals surface area contributed by atoms with Gasteiger partial charge in [0.05, 0.1) is 0 Å². The molecular weight excluding hydrogens is 221 g/mol. The first kappa shape index (κ1) is 17.6. The minimum Gasteiger partial charge on any atom is -0.153 e. The second kappa shape index (κ2) is 8.62. The van der Waals surface area contributed by atoms with E-state index in [1.54, 1.807) is 0 Å². The standard InChI is InChI=1S/C7H7Cl.2ClH.H3P/c1-6-3-2-4-7(8)5-6;;;/h2-5H,1H3;2*1H;1H3. The second-order valence-electron chi connectivity index (χ2n) is 1.80. The van der Waals surface area contributed by atoms with Crippen LogP contribution >= 0.6 is 46.3 Å². The molecule has 0 fully saturated rings. The van der Waals surface area contributed by atoms with Crippen molar-refractivity contribution in [2.75, 3.05) is 0 Å². The third-order valence-electron chi connectivity index (χ3n) is 0.980. The molecule has 0 aliphatic carbocycles. The van der Waals surface area contributed by atoms with Crippen LogP contribution in [0.5, 0.6) is 0 Å². The Morgan fingerprint density at radius 3 is 2.00 bits per heavy atom. The van der Waals surface area contributed by atoms with E-state index in [1.165, 1.54) is 5.56 Å². The second-order valence-corrected chi connectivity index (χ2v) is 2.24. The summed E-state index contributed by atoms with van der Waals surface area (Å²) in [5, 5.41) is 0.810. The molecule has 0 aromatic heterocycles. The fourth-order valence-corrected chi connectivity index (χ4v) is 0.850. The topological polar surface area (TPSA) is 0 Å². The van der Waals surface area contributed by atoms with Gasteiger partial charge in [-0.2, -0.15) is 9.90 Å². The number of rotatable bonds is 0. The van der Waals surface area contributed by atoms with Gasteiger partial charge in [-0.3, -0.25) is 0 Å². The van der Waals surface area contributed by atoms with Gasteiger partial charge >= 0.3 is 0 Å². The maximum Gasteiger partial charge on any atom is 0.0408 e. The van der Waals surface area contributed by atoms with Crippen LogP contribution in [0.4, 0.5) is 0 Å². The van der Waals surface area contributed by atoms with E-state index in [4.69, 9.17) is 11.6 Å². The summed E-state index contributed by atoms with van der Waals surface area (Å²) >= 11 is 5.64. The minimum absolute atomic E-state index is 0. The Kier molecular flexibility index (Phi) is 13.8. The van der Waals surface area contributed by atoms with Crippen LogP contribution in [-0.4, -0.2) is 0 Å². The predicted octanol–water partition coefficient (Wildman–Crippen LogP) is 3.55. The molecule has 0 saturated heterocycles. The molecule has 0 aliphatic rings. The van der Waals surface area contributed by atoms with Crippen LogP contribution in [0, 0.1) is 6.92 Å². The number of benzene rings is 1. The molecule has 0 N–H and O–H groups in total. The van der Waals surface area contributed by atoms with Gasteiger partial charge < -0.3 is 0 Å². The van der Waals surface area contributed by atoms with Gasteiger partial charge in [0.2, 0.25) is 0 Å². The van der Waals surface area contributed by atoms with E-state index in [0.29, 0.717) is 0 Å². The van der Waals surface area contributed by atoms with Crippen molar-refractivity contribution in [1.82, 2.24) is 0 Å². The molecule has 0 radical (unpaired) electrons. The summed E-state index contributed by atoms with van der Waals surface area (Å²) in [6, 6.07) is 7.76. The molecule has 1 aromatic carbocycles. The van der Waals surface area contributed by atoms with Crippen LogP contribution in [-0.2, 0) is 0 Å². The molecule has 1 aromatic rings. The van der Waals surface area contributed by atoms with Crippen molar-refractivity contribution in [3.8, 4) is 0 Å². The fraction of sp³-hybridized carbons (Fsp3) is 0.143. The zero-order valence-electron chi connectivity index (χ0n) is 6.21. The summed E-state index contributed by atoms with van der Waals surface area (Å²) in [5.41, 5.74) is 1.21. The number of hydrogen-bond donors (Lipinski definition) is 0. The highest BCUT2D eigenvalue weighted by molar-refractivity contribution is 6.92. The van der Waals surface area contributed by atoms with Gasteiger partial charge in [-0.15, -0.1) is 24.8 Å². The highest BCUT2D eigenvalue weighted by Crippen LogP contribution is 2.08. The molecule has 66 valence electrons. The van der Waals surface area contributed by atoms with Crippen molar-refractivity contribution in [3.05, 3.63) is 34.9 Å². The summed E-state index contributed by atoms with van der Waals surface area (Å²) < 4.78 is 0. The van der Waals surface area contributed by atoms with Crippen LogP contribution in [0.3, 0.4) is 0 Å². The Bertz CT molecular complexity index is 174. The van der Waals surface area contributed by atoms with Crippen molar-refractivity contribution in [2.45, 2.75) is 6.92 Å². The average Bonchev–Trinajstić information content (AvgIpc) is 1.64. The lowest BCUT2D eigenvalue weighted by molar-refractivity contribution is 1.47. The number of halogens is 3. The van der Waals surface area contributed by atoms with Gasteiger partial charge in [-0.25, -0.2) is 0 Å². The lowest BCUT2D eigenvalue weighted by atomic mass is 10.2. The molecule has 0 aliphatic heterocycles. The molecule has 0 amide bonds. The molecule has 0 heterocycles. The normalized spacial score (nSPS) is 6.73. The molecule has 11 heavy (non-hydrogen) atoms. The van der Waals surface area contributed by atoms with E-state index >= 15 is 0 Å². The summed E-state index contributed by atoms with van der Waals surface area (Å²) in [6.07, 6.45) is 0. The first-order chi connectivity index (χ1) is 3.79. The van der Waals surface area contributed by atoms with Gasteiger partial charge in [0.15, 0.2) is 0 Å². The molecule has 1 rings (SSSR count). The summed E-state index contributed by atoms with van der Waals surface area (Å²) in [5.74, 6) is 0. The third-order valence-corrected chi connectivity index (χ3v) is 1.22. The monoisotopic (exact) mass is 232 g/mol. The van der Waals surface area contributed by atoms with Gasteiger partial charge in [0.1, 0.15) is 0 Å². The van der Waals surface area contributed by atoms with Crippen LogP contribution in [0.15, 0.2) is 24.3 Å². The Hall–Kier alpha value is 0.520. The molecule has 1 unspecified atom stereocenters. The van der Waals surface area contributed by atoms with Crippen molar-refractivity contribution >= 4 is 46.3 Å². The molecule has 0 bridgehead atoms. The quantitative estimate of drug-likeness (QED) is 0.601. The lowest BCUT2D eigenvalue weighted by Gasteiger charge is -1.88. The van der Waals surface area contributed by atoms with E-state index in [9.17, 15) is 0 Å². The van der Waals surface area contributed by atoms with E-state index in [0.717, 1.165) is 5.02 Å². The predicted molar refractivity (Wildman–Crippen MR) is 61.8 cm³/mol. The summed E-state index contributed by atoms with van der Waals surface area (Å²) in [4.78, 5) is 0. The van der Waals surface area contributed by atoms with Crippen molar-refractivity contribution in [1.29, 1.82) is 0 Å². The zero-order chi connectivity index (χ0) is 5.98. The molecule has 0 spiro atoms. The Balaban J connectivity index is -0.000000213. The third kappa shape index (κ3) is 6.90. The van der Waals surface area contributed by atoms with E-state index in [2.05, 4.69) is 0 Å². The Morgan fingerprint density at radius 2 is 1.73 bits per heavy atom. The van der Waals surface area contributed by atoms with Crippen LogP contribution in [0.25, 0.3) is 0 Å². The van der Waals surface area contributed by atoms with Crippen LogP contribution < -0.4 is 0 Å². The largest absolute Gasteiger partial charge is 0.153 e. The highest BCUT2D eigenvalue weighted by Gasteiger charge is 1.82. The van der Waals surface area contributed by atoms with Gasteiger partial charge in [-0.1, -0.05) is 23.7 Å². The van der Waals surface area contributed by atoms with Gasteiger partial charge in [0, 0.05) is 5.02 Å². The molecular formula is C7H12Cl3P. The summed E-state index contributed by atoms with van der Waals surface area (Å²) in [6.45, 7) is 2.02. The summed E-state index contributed by atoms with van der Waals surface area (Å²) in [7, 11) is 0. The van der Waals surface area contributed by atoms with Crippen LogP contribution in [0.2, 0.25) is 5.02 Å². The maximum atomic E-state index is 5.64. The molecule has 4 heteroatoms. The first-order valence-corrected chi connectivity index (χ1v) is 2.89. The van der Waals surface area contributed by atoms with Gasteiger partial charge in [0.25, 0.3) is 0 Å². The molecule has 0 saturated carbocycles. The minimum atomic E-state index is 0. The van der Waals surface area contributed by atoms with Crippen molar-refractivity contribution in [2.24, 2.45) is 0 Å². The van der Waals surface area contributed by atoms with Crippen LogP contribution in [0.1, 0.15) is 5.56 Å². The number of aryl methyl sites for hydroxylation is 1. The highest BCUT2D eigenvalue weighted by atomic mass is 35.5. The van der Waals surface area contributed by atoms with E-state index < -0.39 is 0 Å². The maximum absolute atomic E-state index is 5.64.